The van der Waals surface area contributed by atoms with Gasteiger partial charge < -0.3 is 14.6 Å². The summed E-state index contributed by atoms with van der Waals surface area (Å²) in [5.41, 5.74) is 3.05. The summed E-state index contributed by atoms with van der Waals surface area (Å²) >= 11 is 6.37. The molecule has 0 radical (unpaired) electrons. The van der Waals surface area contributed by atoms with E-state index in [1.54, 1.807) is 36.4 Å². The Hall–Kier alpha value is -3.77. The molecule has 1 atom stereocenters. The highest BCUT2D eigenvalue weighted by molar-refractivity contribution is 6.51. The van der Waals surface area contributed by atoms with Crippen LogP contribution >= 0.6 is 11.6 Å². The summed E-state index contributed by atoms with van der Waals surface area (Å²) < 4.78 is 11.1. The number of methoxy groups -OCH3 is 1. The molecule has 3 aromatic rings. The van der Waals surface area contributed by atoms with E-state index in [0.29, 0.717) is 28.6 Å². The fourth-order valence-electron chi connectivity index (χ4n) is 4.43. The molecule has 6 nitrogen and oxygen atoms in total. The van der Waals surface area contributed by atoms with Gasteiger partial charge in [0.15, 0.2) is 0 Å². The lowest BCUT2D eigenvalue weighted by molar-refractivity contribution is -0.132. The van der Waals surface area contributed by atoms with Gasteiger partial charge in [0.2, 0.25) is 0 Å². The number of carbonyl (C=O) groups is 2. The van der Waals surface area contributed by atoms with Crippen molar-refractivity contribution in [2.45, 2.75) is 26.8 Å². The van der Waals surface area contributed by atoms with Crippen LogP contribution in [0.5, 0.6) is 11.5 Å². The first kappa shape index (κ1) is 24.4. The number of aliphatic hydroxyl groups excluding tert-OH is 1. The molecule has 0 spiro atoms. The van der Waals surface area contributed by atoms with Gasteiger partial charge in [0.25, 0.3) is 11.7 Å². The van der Waals surface area contributed by atoms with E-state index >= 15 is 0 Å². The summed E-state index contributed by atoms with van der Waals surface area (Å²) in [5.74, 6) is -1.09. The molecule has 35 heavy (non-hydrogen) atoms. The number of hydrogen-bond acceptors (Lipinski definition) is 5. The monoisotopic (exact) mass is 491 g/mol. The zero-order valence-corrected chi connectivity index (χ0v) is 20.7. The Kier molecular flexibility index (Phi) is 6.85. The molecule has 1 heterocycles. The van der Waals surface area contributed by atoms with Crippen LogP contribution in [0.15, 0.2) is 66.2 Å². The van der Waals surface area contributed by atoms with E-state index < -0.39 is 17.7 Å². The number of benzene rings is 3. The SMILES string of the molecule is CCOc1cccc(N2C(=O)C(=O)/C(=C(/O)c3cc(C)cc(Cl)c3OC)C2c2ccccc2C)c1. The van der Waals surface area contributed by atoms with Gasteiger partial charge in [-0.2, -0.15) is 0 Å². The van der Waals surface area contributed by atoms with Gasteiger partial charge in [-0.25, -0.2) is 0 Å². The molecule has 180 valence electrons. The van der Waals surface area contributed by atoms with Crippen LogP contribution in [-0.2, 0) is 9.59 Å². The highest BCUT2D eigenvalue weighted by Gasteiger charge is 2.47. The summed E-state index contributed by atoms with van der Waals surface area (Å²) in [4.78, 5) is 28.3. The van der Waals surface area contributed by atoms with Crippen LogP contribution in [-0.4, -0.2) is 30.5 Å². The molecular formula is C28H26ClNO5. The molecular weight excluding hydrogens is 466 g/mol. The van der Waals surface area contributed by atoms with Crippen LogP contribution in [0.4, 0.5) is 5.69 Å². The van der Waals surface area contributed by atoms with Gasteiger partial charge in [0, 0.05) is 11.8 Å². The fourth-order valence-corrected chi connectivity index (χ4v) is 4.78. The van der Waals surface area contributed by atoms with E-state index in [9.17, 15) is 14.7 Å². The first-order valence-electron chi connectivity index (χ1n) is 11.2. The Balaban J connectivity index is 2.01. The standard InChI is InChI=1S/C28H26ClNO5/c1-5-35-19-11-8-10-18(15-19)30-24(20-12-7-6-9-17(20)3)23(26(32)28(30)33)25(31)21-13-16(2)14-22(29)27(21)34-4/h6-15,24,31H,5H2,1-4H3/b25-23+. The quantitative estimate of drug-likeness (QED) is 0.260. The van der Waals surface area contributed by atoms with Crippen molar-refractivity contribution in [2.75, 3.05) is 18.6 Å². The molecule has 3 aromatic carbocycles. The number of carbonyl (C=O) groups excluding carboxylic acids is 2. The number of rotatable bonds is 6. The molecule has 1 fully saturated rings. The number of amides is 1. The van der Waals surface area contributed by atoms with Gasteiger partial charge in [-0.3, -0.25) is 14.5 Å². The van der Waals surface area contributed by atoms with Crippen LogP contribution in [0.1, 0.15) is 35.2 Å². The molecule has 1 N–H and O–H groups in total. The maximum Gasteiger partial charge on any atom is 0.300 e. The van der Waals surface area contributed by atoms with Crippen molar-refractivity contribution >= 4 is 34.7 Å². The van der Waals surface area contributed by atoms with Crippen molar-refractivity contribution in [3.63, 3.8) is 0 Å². The third kappa shape index (κ3) is 4.37. The molecule has 0 saturated carbocycles. The highest BCUT2D eigenvalue weighted by Crippen LogP contribution is 2.45. The predicted octanol–water partition coefficient (Wildman–Crippen LogP) is 5.99. The van der Waals surface area contributed by atoms with Crippen LogP contribution in [0, 0.1) is 13.8 Å². The van der Waals surface area contributed by atoms with Crippen LogP contribution < -0.4 is 14.4 Å². The number of aryl methyl sites for hydroxylation is 2. The predicted molar refractivity (Wildman–Crippen MR) is 136 cm³/mol. The van der Waals surface area contributed by atoms with Gasteiger partial charge in [-0.1, -0.05) is 41.9 Å². The summed E-state index contributed by atoms with van der Waals surface area (Å²) in [6.45, 7) is 6.04. The third-order valence-electron chi connectivity index (χ3n) is 5.98. The molecule has 0 aliphatic carbocycles. The Bertz CT molecular complexity index is 1350. The molecule has 1 saturated heterocycles. The number of Topliss-reactive ketones (excluding diaryl/α,β-unsaturated/α-hetero) is 1. The van der Waals surface area contributed by atoms with E-state index in [-0.39, 0.29) is 22.6 Å². The molecule has 1 aliphatic heterocycles. The lowest BCUT2D eigenvalue weighted by Crippen LogP contribution is -2.29. The number of halogens is 1. The van der Waals surface area contributed by atoms with Crippen molar-refractivity contribution in [1.82, 2.24) is 0 Å². The summed E-state index contributed by atoms with van der Waals surface area (Å²) in [5, 5.41) is 11.8. The Morgan fingerprint density at radius 3 is 2.49 bits per heavy atom. The average molecular weight is 492 g/mol. The summed E-state index contributed by atoms with van der Waals surface area (Å²) in [6.07, 6.45) is 0. The zero-order chi connectivity index (χ0) is 25.3. The molecule has 0 aromatic heterocycles. The number of aliphatic hydroxyl groups is 1. The molecule has 7 heteroatoms. The normalized spacial score (nSPS) is 17.1. The highest BCUT2D eigenvalue weighted by atomic mass is 35.5. The van der Waals surface area contributed by atoms with E-state index in [0.717, 1.165) is 11.1 Å². The van der Waals surface area contributed by atoms with Crippen LogP contribution in [0.3, 0.4) is 0 Å². The molecule has 1 unspecified atom stereocenters. The topological polar surface area (TPSA) is 76.1 Å². The minimum atomic E-state index is -0.864. The zero-order valence-electron chi connectivity index (χ0n) is 20.0. The van der Waals surface area contributed by atoms with E-state index in [4.69, 9.17) is 21.1 Å². The van der Waals surface area contributed by atoms with Gasteiger partial charge in [-0.05, 0) is 61.7 Å². The van der Waals surface area contributed by atoms with Crippen molar-refractivity contribution in [3.8, 4) is 11.5 Å². The fraction of sp³-hybridized carbons (Fsp3) is 0.214. The average Bonchev–Trinajstić information content (AvgIpc) is 3.09. The number of ether oxygens (including phenoxy) is 2. The van der Waals surface area contributed by atoms with E-state index in [1.165, 1.54) is 12.0 Å². The first-order valence-corrected chi connectivity index (χ1v) is 11.6. The minimum Gasteiger partial charge on any atom is -0.507 e. The third-order valence-corrected chi connectivity index (χ3v) is 6.26. The second kappa shape index (κ2) is 9.84. The minimum absolute atomic E-state index is 0.0360. The molecule has 4 rings (SSSR count). The lowest BCUT2D eigenvalue weighted by Gasteiger charge is -2.27. The Labute approximate surface area is 209 Å². The van der Waals surface area contributed by atoms with Gasteiger partial charge in [0.1, 0.15) is 17.3 Å². The number of nitrogens with zero attached hydrogens (tertiary/aromatic N) is 1. The number of anilines is 1. The van der Waals surface area contributed by atoms with Crippen molar-refractivity contribution in [1.29, 1.82) is 0 Å². The van der Waals surface area contributed by atoms with E-state index in [2.05, 4.69) is 0 Å². The molecule has 1 amide bonds. The molecule has 1 aliphatic rings. The Morgan fingerprint density at radius 1 is 1.06 bits per heavy atom. The van der Waals surface area contributed by atoms with Gasteiger partial charge in [-0.15, -0.1) is 0 Å². The summed E-state index contributed by atoms with van der Waals surface area (Å²) in [6, 6.07) is 17.0. The maximum absolute atomic E-state index is 13.5. The lowest BCUT2D eigenvalue weighted by atomic mass is 9.92. The van der Waals surface area contributed by atoms with Gasteiger partial charge >= 0.3 is 0 Å². The largest absolute Gasteiger partial charge is 0.507 e. The second-order valence-corrected chi connectivity index (χ2v) is 8.69. The maximum atomic E-state index is 13.5. The van der Waals surface area contributed by atoms with Crippen LogP contribution in [0.2, 0.25) is 5.02 Å². The van der Waals surface area contributed by atoms with Gasteiger partial charge in [0.05, 0.1) is 35.9 Å². The first-order chi connectivity index (χ1) is 16.8. The number of hydrogen-bond donors (Lipinski definition) is 1. The van der Waals surface area contributed by atoms with Crippen LogP contribution in [0.25, 0.3) is 5.76 Å². The second-order valence-electron chi connectivity index (χ2n) is 8.28. The van der Waals surface area contributed by atoms with E-state index in [1.807, 2.05) is 45.0 Å². The Morgan fingerprint density at radius 2 is 1.80 bits per heavy atom. The van der Waals surface area contributed by atoms with Crippen molar-refractivity contribution < 1.29 is 24.2 Å². The van der Waals surface area contributed by atoms with Crippen molar-refractivity contribution in [3.05, 3.63) is 93.5 Å². The number of ketones is 1. The molecule has 0 bridgehead atoms. The summed E-state index contributed by atoms with van der Waals surface area (Å²) in [7, 11) is 1.43. The smallest absolute Gasteiger partial charge is 0.300 e. The van der Waals surface area contributed by atoms with Crippen molar-refractivity contribution in [2.24, 2.45) is 0 Å².